The van der Waals surface area contributed by atoms with E-state index in [-0.39, 0.29) is 0 Å². The molecule has 2 heterocycles. The Hall–Kier alpha value is -0.450. The average Bonchev–Trinajstić information content (AvgIpc) is 3.15. The first-order valence-corrected chi connectivity index (χ1v) is 9.46. The van der Waals surface area contributed by atoms with Gasteiger partial charge in [-0.3, -0.25) is 4.90 Å². The van der Waals surface area contributed by atoms with Crippen LogP contribution in [0.2, 0.25) is 0 Å². The molecular weight excluding hydrogens is 278 g/mol. The van der Waals surface area contributed by atoms with Gasteiger partial charge in [0, 0.05) is 23.4 Å². The SMILES string of the molecule is CNC(Cc1csc(C)n1)C1(N2CCCCC2)CCCC1. The molecule has 1 unspecified atom stereocenters. The predicted molar refractivity (Wildman–Crippen MR) is 90.0 cm³/mol. The molecular formula is C17H29N3S. The van der Waals surface area contributed by atoms with E-state index in [1.165, 1.54) is 68.7 Å². The zero-order valence-corrected chi connectivity index (χ0v) is 14.3. The largest absolute Gasteiger partial charge is 0.315 e. The number of likely N-dealkylation sites (tertiary alicyclic amines) is 1. The molecule has 2 aliphatic rings. The van der Waals surface area contributed by atoms with E-state index in [2.05, 4.69) is 29.6 Å². The van der Waals surface area contributed by atoms with Crippen LogP contribution in [0.3, 0.4) is 0 Å². The Labute approximate surface area is 133 Å². The lowest BCUT2D eigenvalue weighted by molar-refractivity contribution is 0.0387. The summed E-state index contributed by atoms with van der Waals surface area (Å²) in [6, 6.07) is 0.541. The fourth-order valence-corrected chi connectivity index (χ4v) is 5.11. The Bertz CT molecular complexity index is 445. The summed E-state index contributed by atoms with van der Waals surface area (Å²) < 4.78 is 0. The number of aromatic nitrogens is 1. The van der Waals surface area contributed by atoms with Gasteiger partial charge in [0.1, 0.15) is 0 Å². The van der Waals surface area contributed by atoms with E-state index >= 15 is 0 Å². The molecule has 3 rings (SSSR count). The zero-order chi connectivity index (χ0) is 14.7. The molecule has 1 aromatic heterocycles. The van der Waals surface area contributed by atoms with Crippen LogP contribution in [0.1, 0.15) is 55.6 Å². The van der Waals surface area contributed by atoms with Gasteiger partial charge in [0.2, 0.25) is 0 Å². The van der Waals surface area contributed by atoms with Crippen molar-refractivity contribution in [1.82, 2.24) is 15.2 Å². The molecule has 2 fully saturated rings. The summed E-state index contributed by atoms with van der Waals surface area (Å²) in [6.45, 7) is 4.71. The van der Waals surface area contributed by atoms with Crippen molar-refractivity contribution in [2.75, 3.05) is 20.1 Å². The van der Waals surface area contributed by atoms with Gasteiger partial charge in [-0.1, -0.05) is 19.3 Å². The number of likely N-dealkylation sites (N-methyl/N-ethyl adjacent to an activating group) is 1. The van der Waals surface area contributed by atoms with Gasteiger partial charge in [-0.2, -0.15) is 0 Å². The highest BCUT2D eigenvalue weighted by Gasteiger charge is 2.45. The second kappa shape index (κ2) is 6.76. The molecule has 0 amide bonds. The van der Waals surface area contributed by atoms with E-state index in [9.17, 15) is 0 Å². The minimum Gasteiger partial charge on any atom is -0.315 e. The van der Waals surface area contributed by atoms with E-state index in [1.807, 2.05) is 0 Å². The molecule has 1 aromatic rings. The van der Waals surface area contributed by atoms with Crippen LogP contribution in [0.15, 0.2) is 5.38 Å². The molecule has 1 aliphatic heterocycles. The number of rotatable bonds is 5. The third kappa shape index (κ3) is 3.17. The molecule has 1 N–H and O–H groups in total. The Morgan fingerprint density at radius 3 is 2.52 bits per heavy atom. The summed E-state index contributed by atoms with van der Waals surface area (Å²) in [4.78, 5) is 7.53. The van der Waals surface area contributed by atoms with Gasteiger partial charge in [0.15, 0.2) is 0 Å². The standard InChI is InChI=1S/C17H29N3S/c1-14-19-15(13-21-14)12-16(18-2)17(8-4-5-9-17)20-10-6-3-7-11-20/h13,16,18H,3-12H2,1-2H3. The molecule has 1 atom stereocenters. The maximum absolute atomic E-state index is 4.71. The third-order valence-electron chi connectivity index (χ3n) is 5.53. The van der Waals surface area contributed by atoms with E-state index in [1.54, 1.807) is 11.3 Å². The van der Waals surface area contributed by atoms with Crippen molar-refractivity contribution in [2.24, 2.45) is 0 Å². The van der Waals surface area contributed by atoms with Crippen LogP contribution < -0.4 is 5.32 Å². The number of piperidine rings is 1. The first-order chi connectivity index (χ1) is 10.2. The lowest BCUT2D eigenvalue weighted by Gasteiger charge is -2.48. The highest BCUT2D eigenvalue weighted by Crippen LogP contribution is 2.40. The number of hydrogen-bond acceptors (Lipinski definition) is 4. The molecule has 0 spiro atoms. The minimum atomic E-state index is 0.382. The predicted octanol–water partition coefficient (Wildman–Crippen LogP) is 3.38. The van der Waals surface area contributed by atoms with E-state index in [0.717, 1.165) is 6.42 Å². The van der Waals surface area contributed by atoms with E-state index in [0.29, 0.717) is 11.6 Å². The molecule has 0 radical (unpaired) electrons. The molecule has 0 bridgehead atoms. The highest BCUT2D eigenvalue weighted by molar-refractivity contribution is 7.09. The van der Waals surface area contributed by atoms with Crippen molar-refractivity contribution < 1.29 is 0 Å². The molecule has 1 saturated heterocycles. The lowest BCUT2D eigenvalue weighted by Crippen LogP contribution is -2.61. The van der Waals surface area contributed by atoms with Gasteiger partial charge in [-0.25, -0.2) is 4.98 Å². The summed E-state index contributed by atoms with van der Waals surface area (Å²) in [7, 11) is 2.15. The molecule has 1 aliphatic carbocycles. The van der Waals surface area contributed by atoms with Crippen molar-refractivity contribution in [2.45, 2.75) is 69.9 Å². The van der Waals surface area contributed by atoms with Crippen LogP contribution in [0.4, 0.5) is 0 Å². The summed E-state index contributed by atoms with van der Waals surface area (Å²) in [5, 5.41) is 7.10. The molecule has 4 heteroatoms. The number of aryl methyl sites for hydroxylation is 1. The molecule has 0 aromatic carbocycles. The maximum atomic E-state index is 4.71. The number of hydrogen-bond donors (Lipinski definition) is 1. The molecule has 118 valence electrons. The Balaban J connectivity index is 1.79. The summed E-state index contributed by atoms with van der Waals surface area (Å²) >= 11 is 1.78. The first-order valence-electron chi connectivity index (χ1n) is 8.58. The number of thiazole rings is 1. The Morgan fingerprint density at radius 2 is 1.95 bits per heavy atom. The summed E-state index contributed by atoms with van der Waals surface area (Å²) in [6.07, 6.45) is 10.8. The van der Waals surface area contributed by atoms with Gasteiger partial charge < -0.3 is 5.32 Å². The topological polar surface area (TPSA) is 28.2 Å². The summed E-state index contributed by atoms with van der Waals surface area (Å²) in [5.41, 5.74) is 1.66. The van der Waals surface area contributed by atoms with Gasteiger partial charge >= 0.3 is 0 Å². The molecule has 3 nitrogen and oxygen atoms in total. The highest BCUT2D eigenvalue weighted by atomic mass is 32.1. The van der Waals surface area contributed by atoms with Crippen LogP contribution in [-0.4, -0.2) is 41.6 Å². The maximum Gasteiger partial charge on any atom is 0.0897 e. The summed E-state index contributed by atoms with van der Waals surface area (Å²) in [5.74, 6) is 0. The normalized spacial score (nSPS) is 24.3. The van der Waals surface area contributed by atoms with Crippen molar-refractivity contribution in [3.8, 4) is 0 Å². The number of nitrogens with one attached hydrogen (secondary N) is 1. The van der Waals surface area contributed by atoms with Gasteiger partial charge in [-0.15, -0.1) is 11.3 Å². The van der Waals surface area contributed by atoms with Gasteiger partial charge in [0.05, 0.1) is 10.7 Å². The lowest BCUT2D eigenvalue weighted by atomic mass is 9.82. The Morgan fingerprint density at radius 1 is 1.24 bits per heavy atom. The fourth-order valence-electron chi connectivity index (χ4n) is 4.48. The number of nitrogens with zero attached hydrogens (tertiary/aromatic N) is 2. The van der Waals surface area contributed by atoms with Crippen LogP contribution in [0, 0.1) is 6.92 Å². The second-order valence-electron chi connectivity index (χ2n) is 6.76. The van der Waals surface area contributed by atoms with Crippen LogP contribution in [0.5, 0.6) is 0 Å². The van der Waals surface area contributed by atoms with Crippen molar-refractivity contribution in [1.29, 1.82) is 0 Å². The zero-order valence-electron chi connectivity index (χ0n) is 13.5. The average molecular weight is 308 g/mol. The van der Waals surface area contributed by atoms with Crippen LogP contribution in [0.25, 0.3) is 0 Å². The Kier molecular flexibility index (Phi) is 4.97. The van der Waals surface area contributed by atoms with Gasteiger partial charge in [0.25, 0.3) is 0 Å². The van der Waals surface area contributed by atoms with E-state index < -0.39 is 0 Å². The second-order valence-corrected chi connectivity index (χ2v) is 7.82. The monoisotopic (exact) mass is 307 g/mol. The van der Waals surface area contributed by atoms with Gasteiger partial charge in [-0.05, 0) is 52.7 Å². The quantitative estimate of drug-likeness (QED) is 0.904. The van der Waals surface area contributed by atoms with Crippen molar-refractivity contribution in [3.05, 3.63) is 16.1 Å². The van der Waals surface area contributed by atoms with Crippen LogP contribution in [-0.2, 0) is 6.42 Å². The van der Waals surface area contributed by atoms with Crippen LogP contribution >= 0.6 is 11.3 Å². The molecule has 21 heavy (non-hydrogen) atoms. The van der Waals surface area contributed by atoms with Crippen molar-refractivity contribution >= 4 is 11.3 Å². The smallest absolute Gasteiger partial charge is 0.0897 e. The van der Waals surface area contributed by atoms with E-state index in [4.69, 9.17) is 4.98 Å². The third-order valence-corrected chi connectivity index (χ3v) is 6.35. The minimum absolute atomic E-state index is 0.382. The van der Waals surface area contributed by atoms with Crippen molar-refractivity contribution in [3.63, 3.8) is 0 Å². The molecule has 1 saturated carbocycles. The fraction of sp³-hybridized carbons (Fsp3) is 0.824. The first kappa shape index (κ1) is 15.4.